The number of rotatable bonds is 8. The minimum Gasteiger partial charge on any atom is -0.394 e. The van der Waals surface area contributed by atoms with Gasteiger partial charge in [-0.15, -0.1) is 0 Å². The van der Waals surface area contributed by atoms with Crippen LogP contribution < -0.4 is 4.72 Å². The SMILES string of the molecule is CCC(C)(CO)NS(=O)(=O)CCOC(C)C. The third-order valence-corrected chi connectivity index (χ3v) is 3.84. The Kier molecular flexibility index (Phi) is 6.47. The van der Waals surface area contributed by atoms with Crippen LogP contribution in [0, 0.1) is 0 Å². The molecule has 0 radical (unpaired) electrons. The Bertz CT molecular complexity index is 283. The van der Waals surface area contributed by atoms with E-state index < -0.39 is 15.6 Å². The van der Waals surface area contributed by atoms with Gasteiger partial charge in [-0.2, -0.15) is 0 Å². The molecule has 0 aliphatic rings. The van der Waals surface area contributed by atoms with E-state index in [4.69, 9.17) is 9.84 Å². The number of sulfonamides is 1. The summed E-state index contributed by atoms with van der Waals surface area (Å²) in [7, 11) is -3.39. The summed E-state index contributed by atoms with van der Waals surface area (Å²) < 4.78 is 30.9. The summed E-state index contributed by atoms with van der Waals surface area (Å²) >= 11 is 0. The second-order valence-corrected chi connectivity index (χ2v) is 6.25. The van der Waals surface area contributed by atoms with Crippen molar-refractivity contribution in [2.24, 2.45) is 0 Å². The Morgan fingerprint density at radius 2 is 2.00 bits per heavy atom. The molecule has 0 aromatic carbocycles. The maximum atomic E-state index is 11.6. The molecule has 16 heavy (non-hydrogen) atoms. The summed E-state index contributed by atoms with van der Waals surface area (Å²) in [5, 5.41) is 9.10. The number of aliphatic hydroxyl groups is 1. The van der Waals surface area contributed by atoms with Gasteiger partial charge in [-0.05, 0) is 27.2 Å². The fourth-order valence-corrected chi connectivity index (χ4v) is 2.41. The molecule has 0 spiro atoms. The Hall–Kier alpha value is -0.170. The van der Waals surface area contributed by atoms with Gasteiger partial charge in [0.15, 0.2) is 0 Å². The first kappa shape index (κ1) is 15.8. The normalized spacial score (nSPS) is 16.4. The fourth-order valence-electron chi connectivity index (χ4n) is 1.04. The largest absolute Gasteiger partial charge is 0.394 e. The van der Waals surface area contributed by atoms with E-state index in [1.54, 1.807) is 6.92 Å². The molecule has 5 nitrogen and oxygen atoms in total. The van der Waals surface area contributed by atoms with E-state index >= 15 is 0 Å². The Morgan fingerprint density at radius 3 is 2.38 bits per heavy atom. The molecule has 0 aliphatic heterocycles. The van der Waals surface area contributed by atoms with Gasteiger partial charge in [0.1, 0.15) is 0 Å². The van der Waals surface area contributed by atoms with Crippen molar-refractivity contribution in [1.82, 2.24) is 4.72 Å². The van der Waals surface area contributed by atoms with Gasteiger partial charge in [-0.25, -0.2) is 13.1 Å². The number of ether oxygens (including phenoxy) is 1. The molecular weight excluding hydrogens is 230 g/mol. The summed E-state index contributed by atoms with van der Waals surface area (Å²) in [6.07, 6.45) is 0.555. The van der Waals surface area contributed by atoms with Crippen molar-refractivity contribution in [1.29, 1.82) is 0 Å². The van der Waals surface area contributed by atoms with Crippen LogP contribution in [0.25, 0.3) is 0 Å². The highest BCUT2D eigenvalue weighted by Crippen LogP contribution is 2.09. The lowest BCUT2D eigenvalue weighted by molar-refractivity contribution is 0.0909. The molecule has 1 unspecified atom stereocenters. The first-order valence-electron chi connectivity index (χ1n) is 5.49. The summed E-state index contributed by atoms with van der Waals surface area (Å²) in [6.45, 7) is 7.15. The molecule has 0 saturated heterocycles. The molecule has 6 heteroatoms. The molecule has 98 valence electrons. The number of nitrogens with one attached hydrogen (secondary N) is 1. The lowest BCUT2D eigenvalue weighted by atomic mass is 10.0. The molecular formula is C10H23NO4S. The molecule has 0 bridgehead atoms. The third kappa shape index (κ3) is 6.42. The standard InChI is InChI=1S/C10H23NO4S/c1-5-10(4,8-12)11-16(13,14)7-6-15-9(2)3/h9,11-12H,5-8H2,1-4H3. The second-order valence-electron chi connectivity index (χ2n) is 4.41. The zero-order valence-electron chi connectivity index (χ0n) is 10.5. The smallest absolute Gasteiger partial charge is 0.214 e. The van der Waals surface area contributed by atoms with E-state index in [9.17, 15) is 8.42 Å². The zero-order chi connectivity index (χ0) is 12.8. The monoisotopic (exact) mass is 253 g/mol. The van der Waals surface area contributed by atoms with Crippen molar-refractivity contribution in [3.05, 3.63) is 0 Å². The van der Waals surface area contributed by atoms with Crippen LogP contribution in [0.2, 0.25) is 0 Å². The van der Waals surface area contributed by atoms with Crippen LogP contribution in [0.15, 0.2) is 0 Å². The van der Waals surface area contributed by atoms with Crippen molar-refractivity contribution >= 4 is 10.0 Å². The van der Waals surface area contributed by atoms with Crippen molar-refractivity contribution in [2.45, 2.75) is 45.8 Å². The maximum absolute atomic E-state index is 11.6. The van der Waals surface area contributed by atoms with Crippen LogP contribution in [0.5, 0.6) is 0 Å². The molecule has 0 heterocycles. The van der Waals surface area contributed by atoms with Crippen LogP contribution in [0.1, 0.15) is 34.1 Å². The van der Waals surface area contributed by atoms with Crippen LogP contribution >= 0.6 is 0 Å². The highest BCUT2D eigenvalue weighted by molar-refractivity contribution is 7.89. The van der Waals surface area contributed by atoms with E-state index in [1.165, 1.54) is 0 Å². The molecule has 0 fully saturated rings. The van der Waals surface area contributed by atoms with Crippen LogP contribution in [-0.2, 0) is 14.8 Å². The molecule has 2 N–H and O–H groups in total. The molecule has 0 rings (SSSR count). The Balaban J connectivity index is 4.24. The number of aliphatic hydroxyl groups excluding tert-OH is 1. The Labute approximate surface area is 98.2 Å². The first-order chi connectivity index (χ1) is 7.24. The van der Waals surface area contributed by atoms with Gasteiger partial charge in [0.05, 0.1) is 30.6 Å². The summed E-state index contributed by atoms with van der Waals surface area (Å²) in [6, 6.07) is 0. The fraction of sp³-hybridized carbons (Fsp3) is 1.00. The van der Waals surface area contributed by atoms with E-state index in [0.29, 0.717) is 6.42 Å². The molecule has 0 aliphatic carbocycles. The van der Waals surface area contributed by atoms with Crippen LogP contribution in [-0.4, -0.2) is 44.1 Å². The molecule has 0 amide bonds. The minimum atomic E-state index is -3.39. The van der Waals surface area contributed by atoms with Gasteiger partial charge in [-0.1, -0.05) is 6.92 Å². The maximum Gasteiger partial charge on any atom is 0.214 e. The van der Waals surface area contributed by atoms with Crippen molar-refractivity contribution < 1.29 is 18.3 Å². The van der Waals surface area contributed by atoms with E-state index in [2.05, 4.69) is 4.72 Å². The summed E-state index contributed by atoms with van der Waals surface area (Å²) in [5.41, 5.74) is -0.781. The first-order valence-corrected chi connectivity index (χ1v) is 7.14. The number of hydrogen-bond donors (Lipinski definition) is 2. The van der Waals surface area contributed by atoms with Crippen molar-refractivity contribution in [2.75, 3.05) is 19.0 Å². The lowest BCUT2D eigenvalue weighted by Crippen LogP contribution is -2.49. The third-order valence-electron chi connectivity index (χ3n) is 2.33. The molecule has 0 aromatic rings. The highest BCUT2D eigenvalue weighted by Gasteiger charge is 2.26. The van der Waals surface area contributed by atoms with E-state index in [0.717, 1.165) is 0 Å². The second kappa shape index (κ2) is 6.54. The predicted molar refractivity (Wildman–Crippen MR) is 63.8 cm³/mol. The summed E-state index contributed by atoms with van der Waals surface area (Å²) in [5.74, 6) is -0.0826. The minimum absolute atomic E-state index is 0.0191. The summed E-state index contributed by atoms with van der Waals surface area (Å²) in [4.78, 5) is 0. The van der Waals surface area contributed by atoms with E-state index in [1.807, 2.05) is 20.8 Å². The van der Waals surface area contributed by atoms with E-state index in [-0.39, 0.29) is 25.1 Å². The predicted octanol–water partition coefficient (Wildman–Crippen LogP) is 0.492. The van der Waals surface area contributed by atoms with Gasteiger partial charge in [0.25, 0.3) is 0 Å². The molecule has 0 aromatic heterocycles. The van der Waals surface area contributed by atoms with Gasteiger partial charge in [0, 0.05) is 0 Å². The number of hydrogen-bond acceptors (Lipinski definition) is 4. The average molecular weight is 253 g/mol. The Morgan fingerprint density at radius 1 is 1.44 bits per heavy atom. The van der Waals surface area contributed by atoms with Gasteiger partial charge in [0.2, 0.25) is 10.0 Å². The van der Waals surface area contributed by atoms with Gasteiger partial charge >= 0.3 is 0 Å². The van der Waals surface area contributed by atoms with Gasteiger partial charge in [-0.3, -0.25) is 0 Å². The van der Waals surface area contributed by atoms with Crippen molar-refractivity contribution in [3.8, 4) is 0 Å². The lowest BCUT2D eigenvalue weighted by Gasteiger charge is -2.26. The topological polar surface area (TPSA) is 75.6 Å². The van der Waals surface area contributed by atoms with Gasteiger partial charge < -0.3 is 9.84 Å². The van der Waals surface area contributed by atoms with Crippen molar-refractivity contribution in [3.63, 3.8) is 0 Å². The van der Waals surface area contributed by atoms with Crippen LogP contribution in [0.3, 0.4) is 0 Å². The quantitative estimate of drug-likeness (QED) is 0.660. The molecule has 0 saturated carbocycles. The molecule has 1 atom stereocenters. The highest BCUT2D eigenvalue weighted by atomic mass is 32.2. The zero-order valence-corrected chi connectivity index (χ0v) is 11.3. The van der Waals surface area contributed by atoms with Crippen LogP contribution in [0.4, 0.5) is 0 Å². The average Bonchev–Trinajstić information content (AvgIpc) is 2.16.